The van der Waals surface area contributed by atoms with Crippen LogP contribution in [0.1, 0.15) is 32.2 Å². The number of hydrogen-bond acceptors (Lipinski definition) is 1. The number of aryl methyl sites for hydroxylation is 1. The molecule has 2 heteroatoms. The van der Waals surface area contributed by atoms with Crippen molar-refractivity contribution >= 4 is 6.08 Å². The first kappa shape index (κ1) is 9.04. The fourth-order valence-corrected chi connectivity index (χ4v) is 1.04. The van der Waals surface area contributed by atoms with Crippen molar-refractivity contribution in [1.29, 1.82) is 0 Å². The maximum absolute atomic E-state index is 4.40. The van der Waals surface area contributed by atoms with E-state index in [1.807, 2.05) is 17.8 Å². The van der Waals surface area contributed by atoms with Crippen molar-refractivity contribution in [3.8, 4) is 0 Å². The second-order valence-electron chi connectivity index (χ2n) is 4.03. The molecule has 0 aromatic carbocycles. The van der Waals surface area contributed by atoms with Crippen molar-refractivity contribution < 1.29 is 0 Å². The SMILES string of the molecule is C=Cc1cc(C(C)(C)C)nn1C. The Morgan fingerprint density at radius 1 is 1.50 bits per heavy atom. The minimum absolute atomic E-state index is 0.124. The van der Waals surface area contributed by atoms with Crippen LogP contribution in [0.2, 0.25) is 0 Å². The molecule has 0 aliphatic rings. The molecule has 1 aromatic heterocycles. The van der Waals surface area contributed by atoms with Crippen LogP contribution in [0.25, 0.3) is 6.08 Å². The van der Waals surface area contributed by atoms with E-state index in [9.17, 15) is 0 Å². The molecular formula is C10H16N2. The molecule has 12 heavy (non-hydrogen) atoms. The van der Waals surface area contributed by atoms with Gasteiger partial charge in [0.1, 0.15) is 0 Å². The standard InChI is InChI=1S/C10H16N2/c1-6-8-7-9(10(2,3)4)11-12(8)5/h6-7H,1H2,2-5H3. The van der Waals surface area contributed by atoms with Gasteiger partial charge in [-0.05, 0) is 12.1 Å². The van der Waals surface area contributed by atoms with Gasteiger partial charge in [-0.3, -0.25) is 4.68 Å². The average Bonchev–Trinajstić information content (AvgIpc) is 2.29. The van der Waals surface area contributed by atoms with Crippen LogP contribution in [-0.2, 0) is 12.5 Å². The molecule has 2 nitrogen and oxygen atoms in total. The maximum atomic E-state index is 4.40. The second kappa shape index (κ2) is 2.77. The molecule has 66 valence electrons. The average molecular weight is 164 g/mol. The third kappa shape index (κ3) is 1.58. The maximum Gasteiger partial charge on any atom is 0.0684 e. The van der Waals surface area contributed by atoms with E-state index < -0.39 is 0 Å². The zero-order valence-electron chi connectivity index (χ0n) is 8.26. The lowest BCUT2D eigenvalue weighted by atomic mass is 9.92. The lowest BCUT2D eigenvalue weighted by molar-refractivity contribution is 0.553. The minimum Gasteiger partial charge on any atom is -0.268 e. The van der Waals surface area contributed by atoms with E-state index in [2.05, 4.69) is 38.5 Å². The summed E-state index contributed by atoms with van der Waals surface area (Å²) in [7, 11) is 1.94. The molecule has 0 aliphatic heterocycles. The molecule has 0 N–H and O–H groups in total. The summed E-state index contributed by atoms with van der Waals surface area (Å²) < 4.78 is 1.85. The Balaban J connectivity index is 3.13. The third-order valence-electron chi connectivity index (χ3n) is 1.89. The van der Waals surface area contributed by atoms with Gasteiger partial charge in [-0.25, -0.2) is 0 Å². The molecule has 0 bridgehead atoms. The summed E-state index contributed by atoms with van der Waals surface area (Å²) in [5.74, 6) is 0. The minimum atomic E-state index is 0.124. The summed E-state index contributed by atoms with van der Waals surface area (Å²) in [6.45, 7) is 10.2. The van der Waals surface area contributed by atoms with Crippen LogP contribution in [-0.4, -0.2) is 9.78 Å². The van der Waals surface area contributed by atoms with Crippen LogP contribution in [0, 0.1) is 0 Å². The van der Waals surface area contributed by atoms with Crippen molar-refractivity contribution in [3.63, 3.8) is 0 Å². The summed E-state index contributed by atoms with van der Waals surface area (Å²) >= 11 is 0. The van der Waals surface area contributed by atoms with Crippen LogP contribution < -0.4 is 0 Å². The molecular weight excluding hydrogens is 148 g/mol. The Morgan fingerprint density at radius 2 is 2.08 bits per heavy atom. The van der Waals surface area contributed by atoms with Gasteiger partial charge in [0.2, 0.25) is 0 Å². The molecule has 0 saturated carbocycles. The summed E-state index contributed by atoms with van der Waals surface area (Å²) in [6.07, 6.45) is 1.82. The normalized spacial score (nSPS) is 11.7. The Kier molecular flexibility index (Phi) is 2.09. The lowest BCUT2D eigenvalue weighted by Gasteiger charge is -2.13. The molecule has 0 atom stereocenters. The van der Waals surface area contributed by atoms with Crippen molar-refractivity contribution in [2.45, 2.75) is 26.2 Å². The molecule has 0 spiro atoms. The summed E-state index contributed by atoms with van der Waals surface area (Å²) in [4.78, 5) is 0. The molecule has 0 radical (unpaired) electrons. The zero-order chi connectivity index (χ0) is 9.35. The van der Waals surface area contributed by atoms with Crippen LogP contribution in [0.15, 0.2) is 12.6 Å². The van der Waals surface area contributed by atoms with Crippen molar-refractivity contribution in [3.05, 3.63) is 24.0 Å². The molecule has 0 saturated heterocycles. The fraction of sp³-hybridized carbons (Fsp3) is 0.500. The Hall–Kier alpha value is -1.05. The monoisotopic (exact) mass is 164 g/mol. The first-order valence-electron chi connectivity index (χ1n) is 4.12. The lowest BCUT2D eigenvalue weighted by Crippen LogP contribution is -2.12. The Labute approximate surface area is 73.9 Å². The molecule has 0 aliphatic carbocycles. The van der Waals surface area contributed by atoms with Gasteiger partial charge in [-0.1, -0.05) is 27.4 Å². The Bertz CT molecular complexity index is 289. The van der Waals surface area contributed by atoms with E-state index in [0.29, 0.717) is 0 Å². The highest BCUT2D eigenvalue weighted by Crippen LogP contribution is 2.21. The van der Waals surface area contributed by atoms with Gasteiger partial charge in [0, 0.05) is 12.5 Å². The number of rotatable bonds is 1. The molecule has 1 rings (SSSR count). The Morgan fingerprint density at radius 3 is 2.33 bits per heavy atom. The number of hydrogen-bond donors (Lipinski definition) is 0. The summed E-state index contributed by atoms with van der Waals surface area (Å²) in [5.41, 5.74) is 2.30. The van der Waals surface area contributed by atoms with E-state index in [0.717, 1.165) is 11.4 Å². The fourth-order valence-electron chi connectivity index (χ4n) is 1.04. The van der Waals surface area contributed by atoms with Crippen LogP contribution in [0.5, 0.6) is 0 Å². The van der Waals surface area contributed by atoms with E-state index >= 15 is 0 Å². The highest BCUT2D eigenvalue weighted by atomic mass is 15.3. The number of nitrogens with zero attached hydrogens (tertiary/aromatic N) is 2. The van der Waals surface area contributed by atoms with Gasteiger partial charge in [-0.15, -0.1) is 0 Å². The topological polar surface area (TPSA) is 17.8 Å². The predicted octanol–water partition coefficient (Wildman–Crippen LogP) is 2.36. The van der Waals surface area contributed by atoms with Gasteiger partial charge >= 0.3 is 0 Å². The predicted molar refractivity (Wildman–Crippen MR) is 52.0 cm³/mol. The van der Waals surface area contributed by atoms with E-state index in [-0.39, 0.29) is 5.41 Å². The van der Waals surface area contributed by atoms with Crippen LogP contribution in [0.4, 0.5) is 0 Å². The molecule has 0 unspecified atom stereocenters. The second-order valence-corrected chi connectivity index (χ2v) is 4.03. The third-order valence-corrected chi connectivity index (χ3v) is 1.89. The molecule has 0 fully saturated rings. The summed E-state index contributed by atoms with van der Waals surface area (Å²) in [5, 5.41) is 4.40. The highest BCUT2D eigenvalue weighted by molar-refractivity contribution is 5.43. The van der Waals surface area contributed by atoms with Gasteiger partial charge in [0.15, 0.2) is 0 Å². The van der Waals surface area contributed by atoms with Gasteiger partial charge in [-0.2, -0.15) is 5.10 Å². The van der Waals surface area contributed by atoms with Crippen LogP contribution in [0.3, 0.4) is 0 Å². The van der Waals surface area contributed by atoms with Gasteiger partial charge in [0.05, 0.1) is 11.4 Å². The van der Waals surface area contributed by atoms with E-state index in [4.69, 9.17) is 0 Å². The first-order valence-corrected chi connectivity index (χ1v) is 4.12. The first-order chi connectivity index (χ1) is 5.45. The molecule has 0 amide bonds. The van der Waals surface area contributed by atoms with Gasteiger partial charge in [0.25, 0.3) is 0 Å². The van der Waals surface area contributed by atoms with Gasteiger partial charge < -0.3 is 0 Å². The summed E-state index contributed by atoms with van der Waals surface area (Å²) in [6, 6.07) is 2.08. The van der Waals surface area contributed by atoms with Crippen molar-refractivity contribution in [2.75, 3.05) is 0 Å². The number of aromatic nitrogens is 2. The molecule has 1 heterocycles. The van der Waals surface area contributed by atoms with Crippen molar-refractivity contribution in [1.82, 2.24) is 9.78 Å². The smallest absolute Gasteiger partial charge is 0.0684 e. The van der Waals surface area contributed by atoms with Crippen molar-refractivity contribution in [2.24, 2.45) is 7.05 Å². The molecule has 1 aromatic rings. The van der Waals surface area contributed by atoms with Crippen LogP contribution >= 0.6 is 0 Å². The van der Waals surface area contributed by atoms with E-state index in [1.54, 1.807) is 0 Å². The largest absolute Gasteiger partial charge is 0.268 e. The highest BCUT2D eigenvalue weighted by Gasteiger charge is 2.17. The quantitative estimate of drug-likeness (QED) is 0.623. The van der Waals surface area contributed by atoms with E-state index in [1.165, 1.54) is 0 Å². The zero-order valence-corrected chi connectivity index (χ0v) is 8.26.